The van der Waals surface area contributed by atoms with E-state index in [1.54, 1.807) is 0 Å². The second-order valence-electron chi connectivity index (χ2n) is 6.71. The van der Waals surface area contributed by atoms with E-state index < -0.39 is 0 Å². The van der Waals surface area contributed by atoms with Gasteiger partial charge in [0.2, 0.25) is 5.91 Å². The minimum Gasteiger partial charge on any atom is -0.490 e. The highest BCUT2D eigenvalue weighted by Gasteiger charge is 2.21. The van der Waals surface area contributed by atoms with Crippen LogP contribution in [0.25, 0.3) is 0 Å². The number of carbonyl (C=O) groups excluding carboxylic acids is 1. The first-order valence-electron chi connectivity index (χ1n) is 7.45. The number of rotatable bonds is 3. The molecule has 1 aromatic carbocycles. The number of aryl methyl sites for hydroxylation is 1. The number of hydrogen-bond donors (Lipinski definition) is 1. The molecule has 1 aliphatic rings. The molecule has 0 unspecified atom stereocenters. The van der Waals surface area contributed by atoms with Gasteiger partial charge in [-0.05, 0) is 56.4 Å². The summed E-state index contributed by atoms with van der Waals surface area (Å²) in [4.78, 5) is 12.0. The van der Waals surface area contributed by atoms with Gasteiger partial charge in [0, 0.05) is 11.1 Å². The molecule has 1 N–H and O–H groups in total. The first kappa shape index (κ1) is 14.9. The summed E-state index contributed by atoms with van der Waals surface area (Å²) in [6, 6.07) is 5.86. The van der Waals surface area contributed by atoms with Gasteiger partial charge in [0.15, 0.2) is 0 Å². The predicted octanol–water partition coefficient (Wildman–Crippen LogP) is 4.30. The summed E-state index contributed by atoms with van der Waals surface area (Å²) in [5.74, 6) is 0.965. The van der Waals surface area contributed by atoms with Crippen LogP contribution in [0.1, 0.15) is 52.0 Å². The molecule has 0 spiro atoms. The van der Waals surface area contributed by atoms with E-state index in [4.69, 9.17) is 4.74 Å². The Labute approximate surface area is 121 Å². The van der Waals surface area contributed by atoms with Gasteiger partial charge < -0.3 is 10.1 Å². The lowest BCUT2D eigenvalue weighted by Crippen LogP contribution is -2.27. The maximum atomic E-state index is 12.0. The highest BCUT2D eigenvalue weighted by atomic mass is 16.5. The molecule has 20 heavy (non-hydrogen) atoms. The van der Waals surface area contributed by atoms with Gasteiger partial charge in [0.05, 0.1) is 6.10 Å². The molecule has 0 heterocycles. The van der Waals surface area contributed by atoms with Crippen LogP contribution in [-0.2, 0) is 4.79 Å². The number of anilines is 1. The fraction of sp³-hybridized carbons (Fsp3) is 0.588. The summed E-state index contributed by atoms with van der Waals surface area (Å²) in [7, 11) is 0. The van der Waals surface area contributed by atoms with Crippen molar-refractivity contribution in [3.8, 4) is 5.75 Å². The van der Waals surface area contributed by atoms with Crippen molar-refractivity contribution in [1.29, 1.82) is 0 Å². The first-order valence-corrected chi connectivity index (χ1v) is 7.45. The Hall–Kier alpha value is -1.51. The second-order valence-corrected chi connectivity index (χ2v) is 6.71. The van der Waals surface area contributed by atoms with Gasteiger partial charge in [-0.15, -0.1) is 0 Å². The van der Waals surface area contributed by atoms with E-state index in [0.29, 0.717) is 6.10 Å². The average Bonchev–Trinajstić information content (AvgIpc) is 2.84. The minimum absolute atomic E-state index is 0.0290. The van der Waals surface area contributed by atoms with Crippen molar-refractivity contribution in [1.82, 2.24) is 0 Å². The van der Waals surface area contributed by atoms with Crippen LogP contribution < -0.4 is 10.1 Å². The molecular weight excluding hydrogens is 250 g/mol. The zero-order valence-corrected chi connectivity index (χ0v) is 13.0. The Balaban J connectivity index is 2.03. The molecule has 110 valence electrons. The molecular formula is C17H25NO2. The summed E-state index contributed by atoms with van der Waals surface area (Å²) >= 11 is 0. The summed E-state index contributed by atoms with van der Waals surface area (Å²) in [6.07, 6.45) is 5.21. The van der Waals surface area contributed by atoms with Crippen molar-refractivity contribution in [2.24, 2.45) is 5.41 Å². The van der Waals surface area contributed by atoms with Crippen molar-refractivity contribution in [2.45, 2.75) is 59.5 Å². The number of amides is 1. The molecule has 1 saturated carbocycles. The normalized spacial score (nSPS) is 16.2. The molecule has 3 nitrogen and oxygen atoms in total. The van der Waals surface area contributed by atoms with Crippen molar-refractivity contribution < 1.29 is 9.53 Å². The summed E-state index contributed by atoms with van der Waals surface area (Å²) in [5, 5.41) is 2.95. The van der Waals surface area contributed by atoms with Gasteiger partial charge >= 0.3 is 0 Å². The van der Waals surface area contributed by atoms with E-state index in [1.807, 2.05) is 45.9 Å². The molecule has 3 heteroatoms. The zero-order valence-electron chi connectivity index (χ0n) is 13.0. The first-order chi connectivity index (χ1) is 9.36. The van der Waals surface area contributed by atoms with Crippen LogP contribution in [0.5, 0.6) is 5.75 Å². The molecule has 1 amide bonds. The van der Waals surface area contributed by atoms with E-state index >= 15 is 0 Å². The summed E-state index contributed by atoms with van der Waals surface area (Å²) in [6.45, 7) is 7.75. The van der Waals surface area contributed by atoms with Crippen LogP contribution in [0.2, 0.25) is 0 Å². The number of ether oxygens (including phenoxy) is 1. The summed E-state index contributed by atoms with van der Waals surface area (Å²) in [5.41, 5.74) is 1.53. The van der Waals surface area contributed by atoms with Crippen LogP contribution in [0.3, 0.4) is 0 Å². The van der Waals surface area contributed by atoms with Crippen LogP contribution in [0.15, 0.2) is 18.2 Å². The second kappa shape index (κ2) is 5.86. The largest absolute Gasteiger partial charge is 0.490 e. The number of carbonyl (C=O) groups is 1. The lowest BCUT2D eigenvalue weighted by Gasteiger charge is -2.19. The predicted molar refractivity (Wildman–Crippen MR) is 82.1 cm³/mol. The van der Waals surface area contributed by atoms with E-state index in [0.717, 1.165) is 29.8 Å². The lowest BCUT2D eigenvalue weighted by molar-refractivity contribution is -0.123. The highest BCUT2D eigenvalue weighted by Crippen LogP contribution is 2.28. The minimum atomic E-state index is -0.382. The van der Waals surface area contributed by atoms with Crippen LogP contribution in [0, 0.1) is 12.3 Å². The van der Waals surface area contributed by atoms with Gasteiger partial charge in [-0.3, -0.25) is 4.79 Å². The molecule has 2 rings (SSSR count). The monoisotopic (exact) mass is 275 g/mol. The smallest absolute Gasteiger partial charge is 0.229 e. The zero-order chi connectivity index (χ0) is 14.8. The molecule has 0 aliphatic heterocycles. The SMILES string of the molecule is Cc1cc(NC(=O)C(C)(C)C)ccc1OC1CCCC1. The molecule has 0 bridgehead atoms. The fourth-order valence-electron chi connectivity index (χ4n) is 2.36. The average molecular weight is 275 g/mol. The molecule has 1 aliphatic carbocycles. The topological polar surface area (TPSA) is 38.3 Å². The highest BCUT2D eigenvalue weighted by molar-refractivity contribution is 5.94. The van der Waals surface area contributed by atoms with Crippen molar-refractivity contribution in [3.05, 3.63) is 23.8 Å². The van der Waals surface area contributed by atoms with Crippen molar-refractivity contribution >= 4 is 11.6 Å². The van der Waals surface area contributed by atoms with E-state index in [1.165, 1.54) is 12.8 Å². The quantitative estimate of drug-likeness (QED) is 0.893. The van der Waals surface area contributed by atoms with Crippen LogP contribution in [0.4, 0.5) is 5.69 Å². The number of benzene rings is 1. The number of hydrogen-bond acceptors (Lipinski definition) is 2. The van der Waals surface area contributed by atoms with Gasteiger partial charge in [-0.25, -0.2) is 0 Å². The van der Waals surface area contributed by atoms with Gasteiger partial charge in [-0.1, -0.05) is 20.8 Å². The van der Waals surface area contributed by atoms with Gasteiger partial charge in [-0.2, -0.15) is 0 Å². The maximum absolute atomic E-state index is 12.0. The van der Waals surface area contributed by atoms with Crippen LogP contribution >= 0.6 is 0 Å². The third-order valence-electron chi connectivity index (χ3n) is 3.71. The van der Waals surface area contributed by atoms with Gasteiger partial charge in [0.1, 0.15) is 5.75 Å². The van der Waals surface area contributed by atoms with Crippen molar-refractivity contribution in [2.75, 3.05) is 5.32 Å². The van der Waals surface area contributed by atoms with E-state index in [2.05, 4.69) is 5.32 Å². The third-order valence-corrected chi connectivity index (χ3v) is 3.71. The Morgan fingerprint density at radius 2 is 1.90 bits per heavy atom. The van der Waals surface area contributed by atoms with E-state index in [-0.39, 0.29) is 11.3 Å². The van der Waals surface area contributed by atoms with Gasteiger partial charge in [0.25, 0.3) is 0 Å². The Bertz CT molecular complexity index is 482. The lowest BCUT2D eigenvalue weighted by atomic mass is 9.95. The molecule has 1 aromatic rings. The third kappa shape index (κ3) is 3.75. The number of nitrogens with one attached hydrogen (secondary N) is 1. The fourth-order valence-corrected chi connectivity index (χ4v) is 2.36. The standard InChI is InChI=1S/C17H25NO2/c1-12-11-13(18-16(19)17(2,3)4)9-10-15(12)20-14-7-5-6-8-14/h9-11,14H,5-8H2,1-4H3,(H,18,19). The molecule has 0 aromatic heterocycles. The molecule has 0 saturated heterocycles. The van der Waals surface area contributed by atoms with E-state index in [9.17, 15) is 4.79 Å². The summed E-state index contributed by atoms with van der Waals surface area (Å²) < 4.78 is 6.02. The molecule has 0 radical (unpaired) electrons. The van der Waals surface area contributed by atoms with Crippen molar-refractivity contribution in [3.63, 3.8) is 0 Å². The maximum Gasteiger partial charge on any atom is 0.229 e. The Morgan fingerprint density at radius 3 is 2.45 bits per heavy atom. The Morgan fingerprint density at radius 1 is 1.25 bits per heavy atom. The molecule has 0 atom stereocenters. The Kier molecular flexibility index (Phi) is 4.36. The van der Waals surface area contributed by atoms with Crippen LogP contribution in [-0.4, -0.2) is 12.0 Å². The molecule has 1 fully saturated rings.